The van der Waals surface area contributed by atoms with E-state index in [1.54, 1.807) is 28.5 Å². The summed E-state index contributed by atoms with van der Waals surface area (Å²) in [5.74, 6) is -0.372. The van der Waals surface area contributed by atoms with Crippen molar-refractivity contribution in [3.05, 3.63) is 24.2 Å². The maximum atomic E-state index is 11.5. The van der Waals surface area contributed by atoms with Gasteiger partial charge in [0.05, 0.1) is 18.4 Å². The van der Waals surface area contributed by atoms with E-state index < -0.39 is 0 Å². The molecule has 0 N–H and O–H groups in total. The molecule has 2 aromatic rings. The molecule has 0 aliphatic heterocycles. The van der Waals surface area contributed by atoms with E-state index in [2.05, 4.69) is 10.2 Å². The van der Waals surface area contributed by atoms with Crippen molar-refractivity contribution in [1.29, 1.82) is 0 Å². The van der Waals surface area contributed by atoms with E-state index >= 15 is 0 Å². The van der Waals surface area contributed by atoms with E-state index in [4.69, 9.17) is 4.74 Å². The minimum absolute atomic E-state index is 0.355. The van der Waals surface area contributed by atoms with E-state index in [1.807, 2.05) is 6.92 Å². The highest BCUT2D eigenvalue weighted by Crippen LogP contribution is 2.03. The van der Waals surface area contributed by atoms with Crippen molar-refractivity contribution < 1.29 is 14.2 Å². The van der Waals surface area contributed by atoms with Gasteiger partial charge in [0, 0.05) is 6.07 Å². The lowest BCUT2D eigenvalue weighted by Gasteiger charge is -1.98. The summed E-state index contributed by atoms with van der Waals surface area (Å²) in [5, 5.41) is 8.33. The summed E-state index contributed by atoms with van der Waals surface area (Å²) in [6, 6.07) is 1.66. The van der Waals surface area contributed by atoms with Crippen molar-refractivity contribution >= 4 is 11.6 Å². The van der Waals surface area contributed by atoms with Crippen LogP contribution in [0.3, 0.4) is 0 Å². The maximum absolute atomic E-state index is 11.5. The predicted molar refractivity (Wildman–Crippen MR) is 54.8 cm³/mol. The topological polar surface area (TPSA) is 60.4 Å². The highest BCUT2D eigenvalue weighted by Gasteiger charge is 2.13. The number of ether oxygens (including phenoxy) is 1. The Morgan fingerprint density at radius 1 is 1.56 bits per heavy atom. The number of fused-ring (bicyclic) bond motifs is 1. The van der Waals surface area contributed by atoms with Gasteiger partial charge in [-0.15, -0.1) is 4.68 Å². The number of esters is 1. The molecule has 0 saturated carbocycles. The molecule has 0 amide bonds. The number of hydrogen-bond donors (Lipinski definition) is 0. The van der Waals surface area contributed by atoms with E-state index in [0.29, 0.717) is 17.8 Å². The van der Waals surface area contributed by atoms with Crippen molar-refractivity contribution in [3.63, 3.8) is 0 Å². The van der Waals surface area contributed by atoms with Crippen LogP contribution < -0.4 is 4.68 Å². The van der Waals surface area contributed by atoms with Gasteiger partial charge in [0.15, 0.2) is 0 Å². The van der Waals surface area contributed by atoms with Crippen LogP contribution in [-0.2, 0) is 11.3 Å². The second-order valence-corrected chi connectivity index (χ2v) is 3.24. The molecule has 0 unspecified atom stereocenters. The molecule has 0 fully saturated rings. The Balaban J connectivity index is 2.39. The zero-order chi connectivity index (χ0) is 11.5. The lowest BCUT2D eigenvalue weighted by atomic mass is 10.3. The number of carbonyl (C=O) groups is 1. The monoisotopic (exact) mass is 221 g/mol. The van der Waals surface area contributed by atoms with Gasteiger partial charge in [0.1, 0.15) is 6.54 Å². The van der Waals surface area contributed by atoms with Crippen LogP contribution in [0.15, 0.2) is 18.6 Å². The molecule has 0 atom stereocenters. The second kappa shape index (κ2) is 4.26. The van der Waals surface area contributed by atoms with Gasteiger partial charge in [-0.2, -0.15) is 0 Å². The van der Waals surface area contributed by atoms with Gasteiger partial charge in [0.2, 0.25) is 0 Å². The summed E-state index contributed by atoms with van der Waals surface area (Å²) in [5.41, 5.74) is 1.05. The van der Waals surface area contributed by atoms with E-state index in [9.17, 15) is 4.79 Å². The quantitative estimate of drug-likeness (QED) is 0.549. The Labute approximate surface area is 92.5 Å². The van der Waals surface area contributed by atoms with Gasteiger partial charge in [-0.3, -0.25) is 0 Å². The second-order valence-electron chi connectivity index (χ2n) is 3.24. The molecule has 2 aromatic heterocycles. The van der Waals surface area contributed by atoms with Crippen LogP contribution in [-0.4, -0.2) is 27.3 Å². The summed E-state index contributed by atoms with van der Waals surface area (Å²) in [6.45, 7) is 4.87. The molecule has 6 heteroatoms. The number of aromatic nitrogens is 4. The fourth-order valence-corrected chi connectivity index (χ4v) is 1.35. The Morgan fingerprint density at radius 3 is 3.06 bits per heavy atom. The molecule has 0 saturated heterocycles. The molecule has 6 nitrogen and oxygen atoms in total. The molecule has 0 aromatic carbocycles. The molecule has 0 aliphatic carbocycles. The van der Waals surface area contributed by atoms with E-state index in [0.717, 1.165) is 6.54 Å². The zero-order valence-corrected chi connectivity index (χ0v) is 9.25. The van der Waals surface area contributed by atoms with Crippen LogP contribution >= 0.6 is 0 Å². The van der Waals surface area contributed by atoms with Gasteiger partial charge in [0.25, 0.3) is 12.0 Å². The molecule has 2 rings (SSSR count). The van der Waals surface area contributed by atoms with Crippen molar-refractivity contribution in [2.24, 2.45) is 0 Å². The third-order valence-corrected chi connectivity index (χ3v) is 2.15. The molecular formula is C10H13N4O2+. The van der Waals surface area contributed by atoms with E-state index in [-0.39, 0.29) is 5.97 Å². The molecular weight excluding hydrogens is 208 g/mol. The molecule has 0 bridgehead atoms. The average molecular weight is 221 g/mol. The van der Waals surface area contributed by atoms with Crippen LogP contribution in [0.25, 0.3) is 5.65 Å². The largest absolute Gasteiger partial charge is 0.462 e. The smallest absolute Gasteiger partial charge is 0.340 e. The number of rotatable bonds is 3. The van der Waals surface area contributed by atoms with Crippen LogP contribution in [0.1, 0.15) is 24.2 Å². The molecule has 0 aliphatic rings. The third-order valence-electron chi connectivity index (χ3n) is 2.15. The van der Waals surface area contributed by atoms with Crippen molar-refractivity contribution in [1.82, 2.24) is 14.7 Å². The highest BCUT2D eigenvalue weighted by atomic mass is 16.5. The fourth-order valence-electron chi connectivity index (χ4n) is 1.35. The average Bonchev–Trinajstić information content (AvgIpc) is 2.70. The van der Waals surface area contributed by atoms with Gasteiger partial charge in [-0.05, 0) is 18.9 Å². The standard InChI is InChI=1S/C10H13N4O2/c1-3-13-7-14-9(12-13)5-8(6-11-14)10(15)16-4-2/h5-7H,3-4H2,1-2H3/q+1. The third kappa shape index (κ3) is 1.86. The van der Waals surface area contributed by atoms with Crippen LogP contribution in [0, 0.1) is 0 Å². The van der Waals surface area contributed by atoms with Crippen molar-refractivity contribution in [2.75, 3.05) is 6.61 Å². The van der Waals surface area contributed by atoms with Crippen LogP contribution in [0.2, 0.25) is 0 Å². The predicted octanol–water partition coefficient (Wildman–Crippen LogP) is 0.213. The first-order chi connectivity index (χ1) is 7.74. The minimum Gasteiger partial charge on any atom is -0.462 e. The summed E-state index contributed by atoms with van der Waals surface area (Å²) < 4.78 is 8.25. The molecule has 0 spiro atoms. The lowest BCUT2D eigenvalue weighted by molar-refractivity contribution is -0.747. The maximum Gasteiger partial charge on any atom is 0.340 e. The molecule has 16 heavy (non-hydrogen) atoms. The van der Waals surface area contributed by atoms with Crippen LogP contribution in [0.5, 0.6) is 0 Å². The summed E-state index contributed by atoms with van der Waals surface area (Å²) in [6.07, 6.45) is 3.25. The normalized spacial score (nSPS) is 10.6. The SMILES string of the molecule is CCOC(=O)c1cnn2c[n+](CC)nc2c1. The van der Waals surface area contributed by atoms with Gasteiger partial charge < -0.3 is 4.74 Å². The summed E-state index contributed by atoms with van der Waals surface area (Å²) >= 11 is 0. The molecule has 2 heterocycles. The Bertz CT molecular complexity index is 521. The Hall–Kier alpha value is -1.98. The lowest BCUT2D eigenvalue weighted by Crippen LogP contribution is -2.33. The number of carbonyl (C=O) groups excluding carboxylic acids is 1. The van der Waals surface area contributed by atoms with E-state index in [1.165, 1.54) is 6.20 Å². The summed E-state index contributed by atoms with van der Waals surface area (Å²) in [4.78, 5) is 11.5. The first-order valence-corrected chi connectivity index (χ1v) is 5.17. The first kappa shape index (κ1) is 10.5. The highest BCUT2D eigenvalue weighted by molar-refractivity contribution is 5.89. The Kier molecular flexibility index (Phi) is 2.80. The van der Waals surface area contributed by atoms with Crippen molar-refractivity contribution in [3.8, 4) is 0 Å². The minimum atomic E-state index is -0.372. The number of nitrogens with zero attached hydrogens (tertiary/aromatic N) is 4. The summed E-state index contributed by atoms with van der Waals surface area (Å²) in [7, 11) is 0. The number of aryl methyl sites for hydroxylation is 1. The first-order valence-electron chi connectivity index (χ1n) is 5.17. The molecule has 84 valence electrons. The van der Waals surface area contributed by atoms with Gasteiger partial charge in [-0.1, -0.05) is 9.61 Å². The van der Waals surface area contributed by atoms with Gasteiger partial charge >= 0.3 is 5.97 Å². The van der Waals surface area contributed by atoms with Gasteiger partial charge in [-0.25, -0.2) is 4.79 Å². The van der Waals surface area contributed by atoms with Crippen LogP contribution in [0.4, 0.5) is 0 Å². The zero-order valence-electron chi connectivity index (χ0n) is 9.25. The van der Waals surface area contributed by atoms with Crippen molar-refractivity contribution in [2.45, 2.75) is 20.4 Å². The Morgan fingerprint density at radius 2 is 2.38 bits per heavy atom. The number of hydrogen-bond acceptors (Lipinski definition) is 4. The molecule has 0 radical (unpaired) electrons. The fraction of sp³-hybridized carbons (Fsp3) is 0.400.